The van der Waals surface area contributed by atoms with Crippen molar-refractivity contribution in [2.75, 3.05) is 11.6 Å². The Labute approximate surface area is 139 Å². The monoisotopic (exact) mass is 323 g/mol. The maximum Gasteiger partial charge on any atom is 0.395 e. The lowest BCUT2D eigenvalue weighted by molar-refractivity contribution is -0.149. The van der Waals surface area contributed by atoms with Gasteiger partial charge in [-0.05, 0) is 48.1 Å². The van der Waals surface area contributed by atoms with Gasteiger partial charge in [0, 0.05) is 11.5 Å². The highest BCUT2D eigenvalue weighted by Crippen LogP contribution is 2.44. The number of anilines is 1. The number of hydrogen-bond acceptors (Lipinski definition) is 5. The van der Waals surface area contributed by atoms with Gasteiger partial charge in [0.1, 0.15) is 5.75 Å². The fourth-order valence-corrected chi connectivity index (χ4v) is 3.76. The minimum Gasteiger partial charge on any atom is -0.508 e. The Balaban J connectivity index is 1.74. The van der Waals surface area contributed by atoms with Crippen LogP contribution in [-0.4, -0.2) is 23.9 Å². The Morgan fingerprint density at radius 1 is 1.17 bits per heavy atom. The molecule has 2 aromatic rings. The summed E-state index contributed by atoms with van der Waals surface area (Å²) in [5.74, 6) is -0.755. The lowest BCUT2D eigenvalue weighted by Gasteiger charge is -2.18. The summed E-state index contributed by atoms with van der Waals surface area (Å²) >= 11 is 0. The van der Waals surface area contributed by atoms with Crippen LogP contribution in [0, 0.1) is 0 Å². The smallest absolute Gasteiger partial charge is 0.395 e. The first-order valence-corrected chi connectivity index (χ1v) is 8.05. The molecule has 1 N–H and O–H groups in total. The fraction of sp³-hybridized carbons (Fsp3) is 0.263. The van der Waals surface area contributed by atoms with Crippen LogP contribution in [0.3, 0.4) is 0 Å². The number of phenolic OH excluding ortho intramolecular Hbond substituents is 1. The largest absolute Gasteiger partial charge is 0.508 e. The molecule has 0 saturated heterocycles. The molecule has 0 bridgehead atoms. The Morgan fingerprint density at radius 3 is 2.71 bits per heavy atom. The second kappa shape index (κ2) is 5.67. The Hall–Kier alpha value is -2.82. The summed E-state index contributed by atoms with van der Waals surface area (Å²) in [5, 5.41) is 11.9. The maximum absolute atomic E-state index is 11.4. The number of para-hydroxylation sites is 1. The van der Waals surface area contributed by atoms with Gasteiger partial charge in [-0.3, -0.25) is 4.79 Å². The topological polar surface area (TPSA) is 66.8 Å². The molecule has 122 valence electrons. The van der Waals surface area contributed by atoms with Gasteiger partial charge in [0.05, 0.1) is 12.2 Å². The highest BCUT2D eigenvalue weighted by Gasteiger charge is 2.34. The van der Waals surface area contributed by atoms with Gasteiger partial charge in [0.15, 0.2) is 0 Å². The van der Waals surface area contributed by atoms with Gasteiger partial charge in [-0.15, -0.1) is 0 Å². The lowest BCUT2D eigenvalue weighted by atomic mass is 9.90. The average molecular weight is 323 g/mol. The molecule has 2 aromatic carbocycles. The van der Waals surface area contributed by atoms with E-state index >= 15 is 0 Å². The summed E-state index contributed by atoms with van der Waals surface area (Å²) in [7, 11) is 0. The van der Waals surface area contributed by atoms with Crippen LogP contribution in [0.1, 0.15) is 34.6 Å². The number of phenols is 1. The molecule has 0 amide bonds. The van der Waals surface area contributed by atoms with Gasteiger partial charge in [-0.2, -0.15) is 0 Å². The maximum atomic E-state index is 11.4. The number of carbonyl (C=O) groups is 2. The minimum absolute atomic E-state index is 0.105. The van der Waals surface area contributed by atoms with Crippen LogP contribution in [0.25, 0.3) is 0 Å². The first-order valence-electron chi connectivity index (χ1n) is 8.05. The molecule has 0 fully saturated rings. The predicted octanol–water partition coefficient (Wildman–Crippen LogP) is 2.49. The van der Waals surface area contributed by atoms with E-state index in [9.17, 15) is 14.7 Å². The van der Waals surface area contributed by atoms with Crippen LogP contribution in [0.4, 0.5) is 5.69 Å². The zero-order valence-corrected chi connectivity index (χ0v) is 13.1. The summed E-state index contributed by atoms with van der Waals surface area (Å²) in [4.78, 5) is 27.1. The first-order chi connectivity index (χ1) is 11.7. The van der Waals surface area contributed by atoms with Crippen LogP contribution in [0.15, 0.2) is 36.4 Å². The Kier molecular flexibility index (Phi) is 3.49. The normalized spacial score (nSPS) is 18.2. The van der Waals surface area contributed by atoms with E-state index in [0.717, 1.165) is 36.1 Å². The molecule has 2 aliphatic rings. The number of benzene rings is 2. The van der Waals surface area contributed by atoms with Gasteiger partial charge in [-0.1, -0.05) is 24.3 Å². The minimum atomic E-state index is -0.927. The third-order valence-corrected chi connectivity index (χ3v) is 4.84. The number of aldehydes is 1. The van der Waals surface area contributed by atoms with E-state index in [-0.39, 0.29) is 18.0 Å². The van der Waals surface area contributed by atoms with Gasteiger partial charge < -0.3 is 9.94 Å². The molecule has 24 heavy (non-hydrogen) atoms. The summed E-state index contributed by atoms with van der Waals surface area (Å²) < 4.78 is 0. The van der Waals surface area contributed by atoms with E-state index < -0.39 is 5.97 Å². The van der Waals surface area contributed by atoms with Gasteiger partial charge >= 0.3 is 5.97 Å². The van der Waals surface area contributed by atoms with Crippen molar-refractivity contribution < 1.29 is 19.5 Å². The van der Waals surface area contributed by atoms with Crippen LogP contribution in [0.5, 0.6) is 5.75 Å². The molecule has 4 rings (SSSR count). The molecule has 0 spiro atoms. The third kappa shape index (κ3) is 2.33. The first kappa shape index (κ1) is 14.8. The molecule has 1 aliphatic carbocycles. The summed E-state index contributed by atoms with van der Waals surface area (Å²) in [6.07, 6.45) is 3.31. The second-order valence-corrected chi connectivity index (χ2v) is 6.23. The summed E-state index contributed by atoms with van der Waals surface area (Å²) in [5.41, 5.74) is 5.06. The quantitative estimate of drug-likeness (QED) is 0.694. The van der Waals surface area contributed by atoms with Gasteiger partial charge in [-0.25, -0.2) is 9.86 Å². The molecule has 1 atom stereocenters. The second-order valence-electron chi connectivity index (χ2n) is 6.23. The molecule has 0 saturated carbocycles. The SMILES string of the molecule is O=CC(=O)ON1CC(c2cc3c(cc2O)CCC3)c2ccccc21. The highest BCUT2D eigenvalue weighted by atomic mass is 16.7. The standard InChI is InChI=1S/C19H17NO4/c21-11-19(23)24-20-10-16(14-6-1-2-7-17(14)20)15-8-12-4-3-5-13(12)9-18(15)22/h1-2,6-9,11,16,22H,3-5,10H2. The van der Waals surface area contributed by atoms with E-state index in [1.165, 1.54) is 16.2 Å². The van der Waals surface area contributed by atoms with Crippen LogP contribution in [0.2, 0.25) is 0 Å². The molecule has 5 nitrogen and oxygen atoms in total. The van der Waals surface area contributed by atoms with Crippen LogP contribution in [-0.2, 0) is 27.3 Å². The number of nitrogens with zero attached hydrogens (tertiary/aromatic N) is 1. The van der Waals surface area contributed by atoms with Crippen molar-refractivity contribution in [3.63, 3.8) is 0 Å². The van der Waals surface area contributed by atoms with Crippen molar-refractivity contribution in [1.29, 1.82) is 0 Å². The predicted molar refractivity (Wildman–Crippen MR) is 87.9 cm³/mol. The van der Waals surface area contributed by atoms with Crippen molar-refractivity contribution in [2.45, 2.75) is 25.2 Å². The highest BCUT2D eigenvalue weighted by molar-refractivity contribution is 6.20. The van der Waals surface area contributed by atoms with Crippen molar-refractivity contribution in [3.05, 3.63) is 58.7 Å². The Bertz CT molecular complexity index is 830. The lowest BCUT2D eigenvalue weighted by Crippen LogP contribution is -2.26. The third-order valence-electron chi connectivity index (χ3n) is 4.84. The fourth-order valence-electron chi connectivity index (χ4n) is 3.76. The van der Waals surface area contributed by atoms with Crippen molar-refractivity contribution >= 4 is 17.9 Å². The van der Waals surface area contributed by atoms with Crippen molar-refractivity contribution in [1.82, 2.24) is 0 Å². The number of aryl methyl sites for hydroxylation is 2. The molecule has 1 heterocycles. The molecule has 0 radical (unpaired) electrons. The number of rotatable bonds is 3. The van der Waals surface area contributed by atoms with Crippen LogP contribution >= 0.6 is 0 Å². The average Bonchev–Trinajstić information content (AvgIpc) is 3.18. The van der Waals surface area contributed by atoms with E-state index in [1.54, 1.807) is 0 Å². The number of hydrogen-bond donors (Lipinski definition) is 1. The zero-order valence-electron chi connectivity index (χ0n) is 13.1. The van der Waals surface area contributed by atoms with E-state index in [4.69, 9.17) is 4.84 Å². The van der Waals surface area contributed by atoms with Gasteiger partial charge in [0.25, 0.3) is 0 Å². The van der Waals surface area contributed by atoms with Gasteiger partial charge in [0.2, 0.25) is 6.29 Å². The number of carbonyl (C=O) groups excluding carboxylic acids is 2. The zero-order chi connectivity index (χ0) is 16.7. The van der Waals surface area contributed by atoms with Crippen molar-refractivity contribution in [2.24, 2.45) is 0 Å². The molecular weight excluding hydrogens is 306 g/mol. The Morgan fingerprint density at radius 2 is 1.92 bits per heavy atom. The van der Waals surface area contributed by atoms with E-state index in [2.05, 4.69) is 6.07 Å². The van der Waals surface area contributed by atoms with Crippen molar-refractivity contribution in [3.8, 4) is 5.75 Å². The number of hydroxylamine groups is 1. The molecule has 5 heteroatoms. The molecular formula is C19H17NO4. The van der Waals surface area contributed by atoms with E-state index in [0.29, 0.717) is 6.54 Å². The summed E-state index contributed by atoms with van der Waals surface area (Å²) in [6.45, 7) is 0.380. The van der Waals surface area contributed by atoms with E-state index in [1.807, 2.05) is 30.3 Å². The van der Waals surface area contributed by atoms with Crippen LogP contribution < -0.4 is 5.06 Å². The molecule has 1 unspecified atom stereocenters. The summed E-state index contributed by atoms with van der Waals surface area (Å²) in [6, 6.07) is 11.5. The molecule has 1 aliphatic heterocycles. The number of aromatic hydroxyl groups is 1. The molecule has 0 aromatic heterocycles. The number of fused-ring (bicyclic) bond motifs is 2.